The fraction of sp³-hybridized carbons (Fsp3) is 0.436. The Morgan fingerprint density at radius 2 is 0.614 bits per heavy atom. The number of carbonyl (C=O) groups is 14. The van der Waals surface area contributed by atoms with E-state index >= 15 is 0 Å². The van der Waals surface area contributed by atoms with Crippen molar-refractivity contribution in [3.8, 4) is 17.2 Å². The first-order valence-electron chi connectivity index (χ1n) is 43.3. The number of phenolic OH excluding ortho intramolecular Hbond substituents is 3. The fourth-order valence-electron chi connectivity index (χ4n) is 13.1. The van der Waals surface area contributed by atoms with Gasteiger partial charge in [0.1, 0.15) is 83.2 Å². The van der Waals surface area contributed by atoms with Gasteiger partial charge >= 0.3 is 0 Å². The third-order valence-electron chi connectivity index (χ3n) is 20.7. The van der Waals surface area contributed by atoms with Crippen molar-refractivity contribution in [3.05, 3.63) is 197 Å². The second kappa shape index (κ2) is 61.1. The molecule has 0 saturated heterocycles. The van der Waals surface area contributed by atoms with Crippen LogP contribution in [0.5, 0.6) is 17.2 Å². The SMILES string of the molecule is CC(=O)N(C)C(Cc1ccc(O)cc1)C(=O)N(C)C(CCCN=C(N)N)C(=O)N(C)C(Cc1ccccc1)C(N)=O.CC(=O)N(C)C(Cc1ccc(O)cc1)C(=O)NC(CCCN=C(N)N)C(=O)N(C)C(Cc1ccccc1)C(N)=O.CC(=O)NC(Cc1ccccc1)C(=O)NC(CCCN=C(N)N)C(=O)NC(Cc1ccc(O)cc1)C(N)=O.CCCC(C)=O.CCCCC(C)=O. The maximum atomic E-state index is 13.9. The average Bonchev–Trinajstić information content (AvgIpc) is 0.812. The summed E-state index contributed by atoms with van der Waals surface area (Å²) in [6, 6.07) is 37.2. The van der Waals surface area contributed by atoms with Gasteiger partial charge in [0.05, 0.1) is 0 Å². The van der Waals surface area contributed by atoms with E-state index in [0.717, 1.165) is 48.8 Å². The fourth-order valence-corrected chi connectivity index (χ4v) is 13.1. The molecule has 0 aliphatic heterocycles. The Morgan fingerprint density at radius 1 is 0.303 bits per heavy atom. The normalized spacial score (nSPS) is 12.5. The van der Waals surface area contributed by atoms with Crippen molar-refractivity contribution in [2.45, 2.75) is 212 Å². The van der Waals surface area contributed by atoms with Gasteiger partial charge in [0.15, 0.2) is 17.9 Å². The van der Waals surface area contributed by atoms with Crippen LogP contribution in [0.1, 0.15) is 152 Å². The first-order valence-corrected chi connectivity index (χ1v) is 43.3. The molecule has 0 aromatic heterocycles. The van der Waals surface area contributed by atoms with E-state index in [0.29, 0.717) is 41.7 Å². The van der Waals surface area contributed by atoms with Crippen LogP contribution in [-0.2, 0) is 106 Å². The summed E-state index contributed by atoms with van der Waals surface area (Å²) >= 11 is 0. The number of aliphatic imine (C=N–C) groups is 3. The molecule has 0 spiro atoms. The predicted octanol–water partition coefficient (Wildman–Crippen LogP) is 2.42. The number of amides is 12. The molecule has 6 rings (SSSR count). The number of rotatable bonds is 47. The lowest BCUT2D eigenvalue weighted by molar-refractivity contribution is -0.151. The number of nitrogens with two attached hydrogens (primary N) is 9. The van der Waals surface area contributed by atoms with E-state index in [1.807, 2.05) is 97.9 Å². The third-order valence-corrected chi connectivity index (χ3v) is 20.7. The molecule has 0 aliphatic carbocycles. The lowest BCUT2D eigenvalue weighted by Gasteiger charge is -2.37. The van der Waals surface area contributed by atoms with Crippen molar-refractivity contribution in [1.29, 1.82) is 0 Å². The van der Waals surface area contributed by atoms with Crippen LogP contribution in [-0.4, -0.2) is 249 Å². The molecule has 9 atom stereocenters. The Hall–Kier alpha value is -14.5. The summed E-state index contributed by atoms with van der Waals surface area (Å²) in [4.78, 5) is 193. The Morgan fingerprint density at radius 3 is 0.962 bits per heavy atom. The lowest BCUT2D eigenvalue weighted by atomic mass is 10.00. The molecule has 0 radical (unpaired) electrons. The molecule has 12 amide bonds. The molecule has 9 unspecified atom stereocenters. The van der Waals surface area contributed by atoms with Gasteiger partial charge in [0.25, 0.3) is 0 Å². The number of unbranched alkanes of at least 4 members (excludes halogenated alkanes) is 1. The molecule has 6 aromatic rings. The molecule has 6 aromatic carbocycles. The topological polar surface area (TPSA) is 635 Å². The van der Waals surface area contributed by atoms with Gasteiger partial charge in [-0.05, 0) is 135 Å². The minimum absolute atomic E-state index is 0.0567. The number of carbonyl (C=O) groups excluding carboxylic acids is 14. The van der Waals surface area contributed by atoms with Crippen LogP contribution < -0.4 is 72.9 Å². The summed E-state index contributed by atoms with van der Waals surface area (Å²) in [6.07, 6.45) is 7.21. The number of nitrogens with zero attached hydrogens (tertiary/aromatic N) is 8. The van der Waals surface area contributed by atoms with Gasteiger partial charge in [0, 0.05) is 127 Å². The molecular formula is C94H137N21O17. The molecule has 132 heavy (non-hydrogen) atoms. The van der Waals surface area contributed by atoms with Gasteiger partial charge < -0.3 is 122 Å². The number of hydrogen-bond acceptors (Lipinski definition) is 20. The van der Waals surface area contributed by atoms with Gasteiger partial charge in [-0.15, -0.1) is 0 Å². The predicted molar refractivity (Wildman–Crippen MR) is 507 cm³/mol. The highest BCUT2D eigenvalue weighted by molar-refractivity contribution is 5.97. The zero-order valence-electron chi connectivity index (χ0n) is 77.8. The monoisotopic (exact) mass is 1830 g/mol. The van der Waals surface area contributed by atoms with Gasteiger partial charge in [-0.25, -0.2) is 0 Å². The van der Waals surface area contributed by atoms with Crippen molar-refractivity contribution >= 4 is 100 Å². The van der Waals surface area contributed by atoms with Crippen LogP contribution in [0.3, 0.4) is 0 Å². The zero-order valence-corrected chi connectivity index (χ0v) is 77.8. The molecule has 0 aliphatic rings. The number of nitrogens with one attached hydrogen (secondary N) is 4. The molecule has 25 N–H and O–H groups in total. The van der Waals surface area contributed by atoms with Crippen LogP contribution in [0.2, 0.25) is 0 Å². The van der Waals surface area contributed by atoms with Crippen LogP contribution >= 0.6 is 0 Å². The summed E-state index contributed by atoms with van der Waals surface area (Å²) in [5, 5.41) is 39.4. The van der Waals surface area contributed by atoms with Crippen LogP contribution in [0.15, 0.2) is 179 Å². The maximum Gasteiger partial charge on any atom is 0.246 e. The summed E-state index contributed by atoms with van der Waals surface area (Å²) in [6.45, 7) is 12.0. The van der Waals surface area contributed by atoms with E-state index in [-0.39, 0.29) is 130 Å². The number of guanidine groups is 3. The van der Waals surface area contributed by atoms with E-state index in [9.17, 15) is 82.4 Å². The van der Waals surface area contributed by atoms with E-state index < -0.39 is 113 Å². The van der Waals surface area contributed by atoms with E-state index in [1.165, 1.54) is 117 Å². The number of Topliss-reactive ketones (excluding diaryl/α,β-unsaturated/α-hetero) is 2. The number of phenols is 3. The third kappa shape index (κ3) is 45.0. The second-order valence-electron chi connectivity index (χ2n) is 31.6. The van der Waals surface area contributed by atoms with Crippen molar-refractivity contribution < 1.29 is 82.4 Å². The molecule has 38 nitrogen and oxygen atoms in total. The van der Waals surface area contributed by atoms with Crippen LogP contribution in [0.25, 0.3) is 0 Å². The summed E-state index contributed by atoms with van der Waals surface area (Å²) in [5.41, 5.74) is 53.9. The number of benzene rings is 6. The molecular weight excluding hydrogens is 1700 g/mol. The van der Waals surface area contributed by atoms with Gasteiger partial charge in [-0.1, -0.05) is 148 Å². The standard InChI is InChI=1S/C29H41N7O5.C28H39N7O5.C26H35N7O5.C6H12O.C5H10O/c1-19(37)34(2)25(18-21-12-14-22(38)15-13-21)28(41)35(3)23(11-8-16-33-29(31)32)27(40)36(4)24(26(30)39)17-20-9-6-5-7-10-20;1-18(36)34(2)24(17-20-11-13-21(37)14-12-20)26(39)33-22(10-7-15-32-28(30)31)27(40)35(3)23(25(29)38)16-19-8-5-4-6-9-19;1-16(34)31-22(15-17-6-3-2-4-7-17)25(38)32-20(8-5-13-30-26(28)29)24(37)33-21(23(27)36)14-18-9-11-19(35)12-10-18;1-3-4-5-6(2)7;1-3-4-5(2)6/h5-7,9-10,12-15,23-25,38H,8,11,16-18H2,1-4H3,(H2,30,39)(H4,31,32,33);4-6,8-9,11-14,22-24,37H,7,10,15-17H2,1-3H3,(H2,29,38)(H,33,39)(H4,30,31,32);2-4,6-7,9-12,20-22,35H,5,8,13-15H2,1H3,(H2,27,36)(H,31,34)(H,32,38)(H,33,37)(H4,28,29,30);3-5H2,1-2H3;3-4H2,1-2H3. The Bertz CT molecular complexity index is 4730. The van der Waals surface area contributed by atoms with E-state index in [1.54, 1.807) is 50.2 Å². The van der Waals surface area contributed by atoms with Crippen molar-refractivity contribution in [1.82, 2.24) is 45.8 Å². The zero-order chi connectivity index (χ0) is 99.3. The van der Waals surface area contributed by atoms with E-state index in [2.05, 4.69) is 43.2 Å². The molecule has 0 heterocycles. The number of primary amides is 3. The number of hydrogen-bond donors (Lipinski definition) is 16. The summed E-state index contributed by atoms with van der Waals surface area (Å²) in [5.74, 6) is -5.96. The highest BCUT2D eigenvalue weighted by atomic mass is 16.3. The molecule has 0 bridgehead atoms. The molecule has 38 heteroatoms. The van der Waals surface area contributed by atoms with Gasteiger partial charge in [-0.3, -0.25) is 72.5 Å². The first-order chi connectivity index (χ1) is 62.3. The highest BCUT2D eigenvalue weighted by Gasteiger charge is 2.39. The van der Waals surface area contributed by atoms with Gasteiger partial charge in [-0.2, -0.15) is 0 Å². The van der Waals surface area contributed by atoms with Crippen molar-refractivity contribution in [2.24, 2.45) is 66.6 Å². The first kappa shape index (κ1) is 114. The van der Waals surface area contributed by atoms with Crippen LogP contribution in [0, 0.1) is 0 Å². The quantitative estimate of drug-likeness (QED) is 0.0148. The minimum atomic E-state index is -1.07. The largest absolute Gasteiger partial charge is 0.508 e. The number of ketones is 2. The van der Waals surface area contributed by atoms with Crippen molar-refractivity contribution in [2.75, 3.05) is 54.9 Å². The van der Waals surface area contributed by atoms with E-state index in [4.69, 9.17) is 51.6 Å². The maximum absolute atomic E-state index is 13.9. The second-order valence-corrected chi connectivity index (χ2v) is 31.6. The minimum Gasteiger partial charge on any atom is -0.508 e. The number of likely N-dealkylation sites (N-methyl/N-ethyl adjacent to an activating group) is 5. The Labute approximate surface area is 772 Å². The summed E-state index contributed by atoms with van der Waals surface area (Å²) < 4.78 is 0. The van der Waals surface area contributed by atoms with Crippen LogP contribution in [0.4, 0.5) is 0 Å². The Balaban J connectivity index is 0.000000625. The smallest absolute Gasteiger partial charge is 0.246 e. The van der Waals surface area contributed by atoms with Gasteiger partial charge in [0.2, 0.25) is 70.9 Å². The average molecular weight is 1830 g/mol. The Kier molecular flexibility index (Phi) is 52.6. The van der Waals surface area contributed by atoms with Crippen molar-refractivity contribution in [3.63, 3.8) is 0 Å². The molecule has 0 saturated carbocycles. The summed E-state index contributed by atoms with van der Waals surface area (Å²) in [7, 11) is 7.46. The lowest BCUT2D eigenvalue weighted by Crippen LogP contribution is -2.58. The number of aromatic hydroxyl groups is 3. The molecule has 720 valence electrons. The molecule has 0 fully saturated rings. The highest BCUT2D eigenvalue weighted by Crippen LogP contribution is 2.23.